The minimum absolute atomic E-state index is 0.0579. The van der Waals surface area contributed by atoms with Crippen LogP contribution in [0.25, 0.3) is 0 Å². The number of benzene rings is 1. The number of aliphatic carboxylic acids is 1. The number of nitrogens with zero attached hydrogens (tertiary/aromatic N) is 1. The molecule has 1 amide bonds. The predicted molar refractivity (Wildman–Crippen MR) is 79.5 cm³/mol. The number of hydrogen-bond donors (Lipinski definition) is 1. The molecule has 0 saturated heterocycles. The molecule has 1 saturated carbocycles. The molecule has 0 spiro atoms. The van der Waals surface area contributed by atoms with Gasteiger partial charge in [-0.2, -0.15) is 0 Å². The van der Waals surface area contributed by atoms with E-state index in [-0.39, 0.29) is 23.2 Å². The fraction of sp³-hybridized carbons (Fsp3) is 0.467. The second-order valence-electron chi connectivity index (χ2n) is 5.23. The predicted octanol–water partition coefficient (Wildman–Crippen LogP) is 2.38. The van der Waals surface area contributed by atoms with Crippen molar-refractivity contribution >= 4 is 23.6 Å². The third kappa shape index (κ3) is 5.75. The van der Waals surface area contributed by atoms with E-state index in [0.717, 1.165) is 30.2 Å². The molecule has 1 N–H and O–H groups in total. The van der Waals surface area contributed by atoms with Crippen LogP contribution in [0.15, 0.2) is 24.3 Å². The zero-order valence-electron chi connectivity index (χ0n) is 11.6. The van der Waals surface area contributed by atoms with Crippen LogP contribution in [0.5, 0.6) is 0 Å². The van der Waals surface area contributed by atoms with Gasteiger partial charge in [0, 0.05) is 13.1 Å². The van der Waals surface area contributed by atoms with Crippen molar-refractivity contribution in [1.29, 1.82) is 0 Å². The standard InChI is InChI=1S/C15H18FNO3S/c16-13-5-3-12(4-6-13)8-17(7-11-1-2-11)14(18)9-21-10-15(19)20/h3-6,11H,1-2,7-10H2,(H,19,20). The number of halogens is 1. The molecule has 1 aromatic carbocycles. The first-order valence-electron chi connectivity index (χ1n) is 6.86. The summed E-state index contributed by atoms with van der Waals surface area (Å²) in [5, 5.41) is 8.60. The van der Waals surface area contributed by atoms with Gasteiger partial charge in [-0.05, 0) is 36.5 Å². The van der Waals surface area contributed by atoms with E-state index in [0.29, 0.717) is 19.0 Å². The Morgan fingerprint density at radius 2 is 1.90 bits per heavy atom. The molecule has 0 atom stereocenters. The van der Waals surface area contributed by atoms with E-state index in [1.165, 1.54) is 12.1 Å². The lowest BCUT2D eigenvalue weighted by molar-refractivity contribution is -0.133. The highest BCUT2D eigenvalue weighted by molar-refractivity contribution is 8.00. The van der Waals surface area contributed by atoms with Crippen LogP contribution in [-0.4, -0.2) is 39.9 Å². The number of rotatable bonds is 8. The Labute approximate surface area is 127 Å². The van der Waals surface area contributed by atoms with Crippen LogP contribution in [0.1, 0.15) is 18.4 Å². The van der Waals surface area contributed by atoms with E-state index in [4.69, 9.17) is 5.11 Å². The smallest absolute Gasteiger partial charge is 0.313 e. The molecule has 1 aliphatic carbocycles. The van der Waals surface area contributed by atoms with Crippen LogP contribution in [0.4, 0.5) is 4.39 Å². The van der Waals surface area contributed by atoms with Gasteiger partial charge in [0.1, 0.15) is 5.82 Å². The molecule has 0 bridgehead atoms. The van der Waals surface area contributed by atoms with Crippen molar-refractivity contribution in [3.05, 3.63) is 35.6 Å². The molecule has 0 radical (unpaired) electrons. The van der Waals surface area contributed by atoms with Crippen LogP contribution in [-0.2, 0) is 16.1 Å². The fourth-order valence-electron chi connectivity index (χ4n) is 1.99. The molecule has 1 aliphatic rings. The Balaban J connectivity index is 1.91. The monoisotopic (exact) mass is 311 g/mol. The number of carbonyl (C=O) groups is 2. The number of carboxylic acids is 1. The lowest BCUT2D eigenvalue weighted by atomic mass is 10.2. The van der Waals surface area contributed by atoms with E-state index < -0.39 is 5.97 Å². The maximum atomic E-state index is 12.9. The summed E-state index contributed by atoms with van der Waals surface area (Å²) in [6.07, 6.45) is 2.27. The minimum Gasteiger partial charge on any atom is -0.481 e. The van der Waals surface area contributed by atoms with Crippen molar-refractivity contribution in [2.45, 2.75) is 19.4 Å². The van der Waals surface area contributed by atoms with Gasteiger partial charge in [-0.15, -0.1) is 11.8 Å². The summed E-state index contributed by atoms with van der Waals surface area (Å²) in [4.78, 5) is 24.4. The number of carbonyl (C=O) groups excluding carboxylic acids is 1. The Kier molecular flexibility index (Phi) is 5.61. The van der Waals surface area contributed by atoms with Crippen LogP contribution in [0.2, 0.25) is 0 Å². The van der Waals surface area contributed by atoms with E-state index in [9.17, 15) is 14.0 Å². The largest absolute Gasteiger partial charge is 0.481 e. The average Bonchev–Trinajstić information content (AvgIpc) is 3.24. The highest BCUT2D eigenvalue weighted by Crippen LogP contribution is 2.30. The molecule has 4 nitrogen and oxygen atoms in total. The molecular formula is C15H18FNO3S. The molecule has 1 fully saturated rings. The zero-order valence-corrected chi connectivity index (χ0v) is 12.4. The first-order chi connectivity index (χ1) is 10.0. The second kappa shape index (κ2) is 7.45. The number of carboxylic acid groups (broad SMARTS) is 1. The first-order valence-corrected chi connectivity index (χ1v) is 8.02. The maximum Gasteiger partial charge on any atom is 0.313 e. The Morgan fingerprint density at radius 3 is 2.48 bits per heavy atom. The summed E-state index contributed by atoms with van der Waals surface area (Å²) in [6.45, 7) is 1.15. The Hall–Kier alpha value is -1.56. The highest BCUT2D eigenvalue weighted by atomic mass is 32.2. The molecule has 0 unspecified atom stereocenters. The van der Waals surface area contributed by atoms with Gasteiger partial charge in [-0.25, -0.2) is 4.39 Å². The molecule has 2 rings (SSSR count). The van der Waals surface area contributed by atoms with Gasteiger partial charge in [-0.3, -0.25) is 9.59 Å². The molecule has 1 aromatic rings. The van der Waals surface area contributed by atoms with E-state index in [2.05, 4.69) is 0 Å². The molecule has 114 valence electrons. The van der Waals surface area contributed by atoms with Gasteiger partial charge in [0.05, 0.1) is 11.5 Å². The van der Waals surface area contributed by atoms with E-state index in [1.807, 2.05) is 0 Å². The van der Waals surface area contributed by atoms with Gasteiger partial charge in [0.25, 0.3) is 0 Å². The normalized spacial score (nSPS) is 14.0. The third-order valence-electron chi connectivity index (χ3n) is 3.27. The van der Waals surface area contributed by atoms with Gasteiger partial charge >= 0.3 is 5.97 Å². The van der Waals surface area contributed by atoms with Crippen molar-refractivity contribution in [3.63, 3.8) is 0 Å². The van der Waals surface area contributed by atoms with Gasteiger partial charge < -0.3 is 10.0 Å². The third-order valence-corrected chi connectivity index (χ3v) is 4.17. The number of amides is 1. The van der Waals surface area contributed by atoms with Crippen molar-refractivity contribution in [3.8, 4) is 0 Å². The number of thioether (sulfide) groups is 1. The molecular weight excluding hydrogens is 293 g/mol. The Morgan fingerprint density at radius 1 is 1.24 bits per heavy atom. The summed E-state index contributed by atoms with van der Waals surface area (Å²) in [6, 6.07) is 6.11. The quantitative estimate of drug-likeness (QED) is 0.801. The molecule has 0 aliphatic heterocycles. The summed E-state index contributed by atoms with van der Waals surface area (Å²) in [5.41, 5.74) is 0.883. The fourth-order valence-corrected chi connectivity index (χ4v) is 2.63. The summed E-state index contributed by atoms with van der Waals surface area (Å²) < 4.78 is 12.9. The summed E-state index contributed by atoms with van der Waals surface area (Å²) in [5.74, 6) is -0.619. The van der Waals surface area contributed by atoms with Crippen molar-refractivity contribution in [2.24, 2.45) is 5.92 Å². The lowest BCUT2D eigenvalue weighted by Crippen LogP contribution is -2.34. The van der Waals surface area contributed by atoms with Crippen LogP contribution in [0, 0.1) is 11.7 Å². The average molecular weight is 311 g/mol. The lowest BCUT2D eigenvalue weighted by Gasteiger charge is -2.22. The van der Waals surface area contributed by atoms with Crippen molar-refractivity contribution in [1.82, 2.24) is 4.90 Å². The van der Waals surface area contributed by atoms with Crippen molar-refractivity contribution in [2.75, 3.05) is 18.1 Å². The van der Waals surface area contributed by atoms with E-state index in [1.54, 1.807) is 17.0 Å². The number of hydrogen-bond acceptors (Lipinski definition) is 3. The van der Waals surface area contributed by atoms with Crippen molar-refractivity contribution < 1.29 is 19.1 Å². The van der Waals surface area contributed by atoms with Crippen LogP contribution < -0.4 is 0 Å². The van der Waals surface area contributed by atoms with Gasteiger partial charge in [0.15, 0.2) is 0 Å². The summed E-state index contributed by atoms with van der Waals surface area (Å²) >= 11 is 1.11. The molecule has 0 heterocycles. The SMILES string of the molecule is O=C(O)CSCC(=O)N(Cc1ccc(F)cc1)CC1CC1. The molecule has 21 heavy (non-hydrogen) atoms. The zero-order chi connectivity index (χ0) is 15.2. The maximum absolute atomic E-state index is 12.9. The minimum atomic E-state index is -0.917. The molecule has 6 heteroatoms. The van der Waals surface area contributed by atoms with E-state index >= 15 is 0 Å². The molecule has 0 aromatic heterocycles. The summed E-state index contributed by atoms with van der Waals surface area (Å²) in [7, 11) is 0. The second-order valence-corrected chi connectivity index (χ2v) is 6.22. The topological polar surface area (TPSA) is 57.6 Å². The van der Waals surface area contributed by atoms with Crippen LogP contribution >= 0.6 is 11.8 Å². The van der Waals surface area contributed by atoms with Gasteiger partial charge in [-0.1, -0.05) is 12.1 Å². The Bertz CT molecular complexity index is 502. The van der Waals surface area contributed by atoms with Gasteiger partial charge in [0.2, 0.25) is 5.91 Å². The highest BCUT2D eigenvalue weighted by Gasteiger charge is 2.26. The first kappa shape index (κ1) is 15.8. The van der Waals surface area contributed by atoms with Crippen LogP contribution in [0.3, 0.4) is 0 Å².